The fourth-order valence-corrected chi connectivity index (χ4v) is 2.74. The van der Waals surface area contributed by atoms with Crippen LogP contribution >= 0.6 is 15.9 Å². The number of nitrogens with one attached hydrogen (secondary N) is 2. The number of unbranched alkanes of at least 4 members (excludes halogenated alkanes) is 1. The van der Waals surface area contributed by atoms with Crippen LogP contribution in [-0.4, -0.2) is 40.3 Å². The molecule has 0 bridgehead atoms. The molecule has 0 unspecified atom stereocenters. The van der Waals surface area contributed by atoms with Gasteiger partial charge in [-0.15, -0.1) is 0 Å². The van der Waals surface area contributed by atoms with E-state index in [2.05, 4.69) is 33.5 Å². The summed E-state index contributed by atoms with van der Waals surface area (Å²) >= 11 is 3.40. The van der Waals surface area contributed by atoms with Crippen LogP contribution in [0.5, 0.6) is 11.5 Å². The summed E-state index contributed by atoms with van der Waals surface area (Å²) in [5.41, 5.74) is 1.14. The van der Waals surface area contributed by atoms with Gasteiger partial charge in [0.15, 0.2) is 11.5 Å². The first-order valence-corrected chi connectivity index (χ1v) is 11.0. The number of hydrogen-bond donors (Lipinski definition) is 2. The molecule has 0 aromatic heterocycles. The molecular weight excluding hydrogens is 460 g/mol. The van der Waals surface area contributed by atoms with Gasteiger partial charge in [-0.25, -0.2) is 0 Å². The zero-order valence-corrected chi connectivity index (χ0v) is 20.3. The first kappa shape index (κ1) is 26.5. The van der Waals surface area contributed by atoms with Crippen LogP contribution in [0.25, 0.3) is 0 Å². The molecule has 1 heterocycles. The summed E-state index contributed by atoms with van der Waals surface area (Å²) in [4.78, 5) is 10.3. The summed E-state index contributed by atoms with van der Waals surface area (Å²) in [6, 6.07) is 15.8. The summed E-state index contributed by atoms with van der Waals surface area (Å²) in [7, 11) is 5.17. The maximum Gasteiger partial charge on any atom is 0.247 e. The van der Waals surface area contributed by atoms with E-state index in [9.17, 15) is 4.79 Å². The van der Waals surface area contributed by atoms with Crippen LogP contribution in [0.1, 0.15) is 25.3 Å². The lowest BCUT2D eigenvalue weighted by Gasteiger charge is -2.10. The fraction of sp³-hybridized carbons (Fsp3) is 0.375. The fourth-order valence-electron chi connectivity index (χ4n) is 2.40. The van der Waals surface area contributed by atoms with E-state index in [1.165, 1.54) is 18.9 Å². The van der Waals surface area contributed by atoms with Crippen molar-refractivity contribution in [3.63, 3.8) is 0 Å². The summed E-state index contributed by atoms with van der Waals surface area (Å²) in [6.45, 7) is 4.43. The quantitative estimate of drug-likeness (QED) is 0.523. The Balaban J connectivity index is 0.000000284. The Labute approximate surface area is 194 Å². The van der Waals surface area contributed by atoms with E-state index in [1.54, 1.807) is 14.2 Å². The number of carbonyl (C=O) groups is 1. The molecule has 0 fully saturated rings. The van der Waals surface area contributed by atoms with Crippen molar-refractivity contribution < 1.29 is 19.0 Å². The van der Waals surface area contributed by atoms with Gasteiger partial charge in [-0.2, -0.15) is 0 Å². The average molecular weight is 493 g/mol. The van der Waals surface area contributed by atoms with E-state index >= 15 is 0 Å². The van der Waals surface area contributed by atoms with Gasteiger partial charge in [0, 0.05) is 10.5 Å². The smallest absolute Gasteiger partial charge is 0.247 e. The Morgan fingerprint density at radius 1 is 1.06 bits per heavy atom. The van der Waals surface area contributed by atoms with Crippen molar-refractivity contribution in [3.8, 4) is 11.5 Å². The number of hydrogen-bond acceptors (Lipinski definition) is 5. The van der Waals surface area contributed by atoms with Crippen LogP contribution in [0.15, 0.2) is 64.8 Å². The van der Waals surface area contributed by atoms with Crippen LogP contribution in [0, 0.1) is 0 Å². The zero-order valence-electron chi connectivity index (χ0n) is 18.7. The normalized spacial score (nSPS) is 11.8. The van der Waals surface area contributed by atoms with Crippen molar-refractivity contribution >= 4 is 21.8 Å². The third-order valence-corrected chi connectivity index (χ3v) is 4.63. The highest BCUT2D eigenvalue weighted by Gasteiger charge is 2.09. The maximum absolute atomic E-state index is 10.3. The van der Waals surface area contributed by atoms with E-state index in [0.717, 1.165) is 28.1 Å². The van der Waals surface area contributed by atoms with Gasteiger partial charge in [0.2, 0.25) is 5.91 Å². The third kappa shape index (κ3) is 11.5. The van der Waals surface area contributed by atoms with Gasteiger partial charge in [-0.1, -0.05) is 59.6 Å². The minimum Gasteiger partial charge on any atom is -0.499 e. The van der Waals surface area contributed by atoms with Gasteiger partial charge in [-0.3, -0.25) is 4.79 Å². The second-order valence-electron chi connectivity index (χ2n) is 6.56. The Morgan fingerprint density at radius 2 is 1.81 bits per heavy atom. The highest BCUT2D eigenvalue weighted by atomic mass is 79.9. The van der Waals surface area contributed by atoms with Crippen molar-refractivity contribution in [1.82, 2.24) is 10.6 Å². The van der Waals surface area contributed by atoms with E-state index in [0.29, 0.717) is 18.9 Å². The Kier molecular flexibility index (Phi) is 13.9. The summed E-state index contributed by atoms with van der Waals surface area (Å²) in [5, 5.41) is 5.63. The zero-order chi connectivity index (χ0) is 22.9. The van der Waals surface area contributed by atoms with Crippen molar-refractivity contribution in [2.24, 2.45) is 0 Å². The van der Waals surface area contributed by atoms with E-state index in [-0.39, 0.29) is 5.91 Å². The second-order valence-corrected chi connectivity index (χ2v) is 7.47. The minimum atomic E-state index is -0.0677. The maximum atomic E-state index is 10.3. The number of carbonyl (C=O) groups excluding carboxylic acids is 1. The largest absolute Gasteiger partial charge is 0.499 e. The highest BCUT2D eigenvalue weighted by Crippen LogP contribution is 2.30. The summed E-state index contributed by atoms with van der Waals surface area (Å²) in [5.74, 6) is 2.12. The van der Waals surface area contributed by atoms with Crippen LogP contribution < -0.4 is 20.1 Å². The van der Waals surface area contributed by atoms with E-state index < -0.39 is 0 Å². The lowest BCUT2D eigenvalue weighted by Crippen LogP contribution is -2.15. The van der Waals surface area contributed by atoms with E-state index in [1.807, 2.05) is 55.6 Å². The predicted molar refractivity (Wildman–Crippen MR) is 128 cm³/mol. The molecule has 170 valence electrons. The van der Waals surface area contributed by atoms with Crippen molar-refractivity contribution in [3.05, 3.63) is 70.4 Å². The van der Waals surface area contributed by atoms with Crippen molar-refractivity contribution in [2.45, 2.75) is 26.4 Å². The minimum absolute atomic E-state index is 0.0677. The van der Waals surface area contributed by atoms with Crippen LogP contribution in [0.2, 0.25) is 0 Å². The van der Waals surface area contributed by atoms with Gasteiger partial charge < -0.3 is 24.8 Å². The highest BCUT2D eigenvalue weighted by molar-refractivity contribution is 9.10. The molecule has 2 aromatic rings. The lowest BCUT2D eigenvalue weighted by atomic mass is 10.2. The van der Waals surface area contributed by atoms with Gasteiger partial charge in [0.25, 0.3) is 0 Å². The summed E-state index contributed by atoms with van der Waals surface area (Å²) < 4.78 is 16.7. The molecule has 0 radical (unpaired) electrons. The molecule has 6 nitrogen and oxygen atoms in total. The Bertz CT molecular complexity index is 793. The molecule has 1 aliphatic rings. The number of amides is 1. The third-order valence-electron chi connectivity index (χ3n) is 4.13. The molecule has 1 amide bonds. The molecule has 3 rings (SSSR count). The Morgan fingerprint density at radius 3 is 2.29 bits per heavy atom. The number of benzene rings is 2. The summed E-state index contributed by atoms with van der Waals surface area (Å²) in [6.07, 6.45) is 4.04. The number of rotatable bonds is 8. The molecule has 2 aromatic carbocycles. The molecule has 0 saturated carbocycles. The van der Waals surface area contributed by atoms with Crippen LogP contribution in [-0.2, 0) is 16.1 Å². The Hall–Kier alpha value is -2.51. The lowest BCUT2D eigenvalue weighted by molar-refractivity contribution is -0.115. The van der Waals surface area contributed by atoms with Crippen molar-refractivity contribution in [1.29, 1.82) is 0 Å². The first-order valence-electron chi connectivity index (χ1n) is 10.2. The average Bonchev–Trinajstić information content (AvgIpc) is 3.23. The van der Waals surface area contributed by atoms with Gasteiger partial charge in [0.1, 0.15) is 12.4 Å². The molecule has 31 heavy (non-hydrogen) atoms. The SMILES string of the molecule is CCCCNC.COC1=CC(=O)NC1.COc1cc(Br)ccc1OCc1ccccc1. The van der Waals surface area contributed by atoms with Crippen LogP contribution in [0.3, 0.4) is 0 Å². The molecule has 7 heteroatoms. The number of ether oxygens (including phenoxy) is 3. The number of halogens is 1. The molecule has 2 N–H and O–H groups in total. The predicted octanol–water partition coefficient (Wildman–Crippen LogP) is 4.69. The topological polar surface area (TPSA) is 68.8 Å². The number of methoxy groups -OCH3 is 2. The molecule has 0 aliphatic carbocycles. The second kappa shape index (κ2) is 16.2. The molecular formula is C24H33BrN2O4. The van der Waals surface area contributed by atoms with E-state index in [4.69, 9.17) is 14.2 Å². The van der Waals surface area contributed by atoms with Crippen molar-refractivity contribution in [2.75, 3.05) is 34.4 Å². The molecule has 0 saturated heterocycles. The van der Waals surface area contributed by atoms with Gasteiger partial charge >= 0.3 is 0 Å². The first-order chi connectivity index (χ1) is 15.0. The van der Waals surface area contributed by atoms with Gasteiger partial charge in [0.05, 0.1) is 20.8 Å². The molecule has 1 aliphatic heterocycles. The monoisotopic (exact) mass is 492 g/mol. The standard InChI is InChI=1S/C14H13BrO2.C5H7NO2.C5H13N/c1-16-14-9-12(15)7-8-13(14)17-10-11-5-3-2-4-6-11;1-8-4-2-5(7)6-3-4;1-3-4-5-6-2/h2-9H,10H2,1H3;2H,3H2,1H3,(H,6,7);6H,3-5H2,1-2H3. The molecule has 0 atom stereocenters. The van der Waals surface area contributed by atoms with Gasteiger partial charge in [-0.05, 0) is 43.8 Å². The van der Waals surface area contributed by atoms with Crippen LogP contribution in [0.4, 0.5) is 0 Å². The molecule has 0 spiro atoms.